The van der Waals surface area contributed by atoms with Gasteiger partial charge in [-0.2, -0.15) is 0 Å². The molecule has 2 rings (SSSR count). The van der Waals surface area contributed by atoms with Gasteiger partial charge in [-0.1, -0.05) is 48.6 Å². The molecule has 1 atom stereocenters. The summed E-state index contributed by atoms with van der Waals surface area (Å²) in [4.78, 5) is 22.7. The number of rotatable bonds is 3. The van der Waals surface area contributed by atoms with Crippen molar-refractivity contribution in [3.05, 3.63) is 59.7 Å². The van der Waals surface area contributed by atoms with Gasteiger partial charge >= 0.3 is 0 Å². The van der Waals surface area contributed by atoms with Crippen LogP contribution in [0.2, 0.25) is 0 Å². The van der Waals surface area contributed by atoms with Gasteiger partial charge in [0.15, 0.2) is 5.78 Å². The van der Waals surface area contributed by atoms with Gasteiger partial charge in [0.05, 0.1) is 5.92 Å². The fraction of sp³-hybridized carbons (Fsp3) is 0.0769. The maximum absolute atomic E-state index is 11.9. The van der Waals surface area contributed by atoms with Crippen LogP contribution in [0.1, 0.15) is 10.4 Å². The first-order chi connectivity index (χ1) is 7.33. The highest BCUT2D eigenvalue weighted by molar-refractivity contribution is 6.11. The second-order valence-corrected chi connectivity index (χ2v) is 3.36. The topological polar surface area (TPSA) is 34.1 Å². The Morgan fingerprint density at radius 3 is 2.60 bits per heavy atom. The van der Waals surface area contributed by atoms with E-state index in [9.17, 15) is 9.59 Å². The van der Waals surface area contributed by atoms with Gasteiger partial charge in [0.25, 0.3) is 0 Å². The zero-order valence-electron chi connectivity index (χ0n) is 8.09. The predicted molar refractivity (Wildman–Crippen MR) is 57.5 cm³/mol. The van der Waals surface area contributed by atoms with Crippen molar-refractivity contribution in [3.63, 3.8) is 0 Å². The van der Waals surface area contributed by atoms with Crippen LogP contribution in [0.15, 0.2) is 54.1 Å². The highest BCUT2D eigenvalue weighted by atomic mass is 16.1. The SMILES string of the molecule is O=CC1C=CC=C1C(=O)c1ccccc1. The van der Waals surface area contributed by atoms with E-state index in [1.54, 1.807) is 30.4 Å². The Morgan fingerprint density at radius 2 is 1.93 bits per heavy atom. The third kappa shape index (κ3) is 1.79. The monoisotopic (exact) mass is 198 g/mol. The fourth-order valence-corrected chi connectivity index (χ4v) is 1.60. The Bertz CT molecular complexity index is 441. The Balaban J connectivity index is 2.27. The van der Waals surface area contributed by atoms with Gasteiger partial charge in [0.1, 0.15) is 6.29 Å². The molecule has 0 aromatic heterocycles. The quantitative estimate of drug-likeness (QED) is 0.551. The molecule has 1 unspecified atom stereocenters. The van der Waals surface area contributed by atoms with Crippen LogP contribution in [0.5, 0.6) is 0 Å². The number of ketones is 1. The van der Waals surface area contributed by atoms with Crippen LogP contribution < -0.4 is 0 Å². The van der Waals surface area contributed by atoms with Gasteiger partial charge in [0.2, 0.25) is 0 Å². The van der Waals surface area contributed by atoms with Crippen LogP contribution in [0, 0.1) is 5.92 Å². The number of hydrogen-bond donors (Lipinski definition) is 0. The van der Waals surface area contributed by atoms with Crippen molar-refractivity contribution >= 4 is 12.1 Å². The second-order valence-electron chi connectivity index (χ2n) is 3.36. The normalized spacial score (nSPS) is 18.7. The molecule has 2 nitrogen and oxygen atoms in total. The zero-order valence-corrected chi connectivity index (χ0v) is 8.09. The molecule has 0 saturated heterocycles. The summed E-state index contributed by atoms with van der Waals surface area (Å²) in [6.45, 7) is 0. The van der Waals surface area contributed by atoms with Crippen LogP contribution in [-0.2, 0) is 4.79 Å². The minimum absolute atomic E-state index is 0.0716. The maximum Gasteiger partial charge on any atom is 0.190 e. The first-order valence-electron chi connectivity index (χ1n) is 4.76. The van der Waals surface area contributed by atoms with Crippen molar-refractivity contribution in [2.75, 3.05) is 0 Å². The molecule has 1 aromatic carbocycles. The first kappa shape index (κ1) is 9.59. The third-order valence-electron chi connectivity index (χ3n) is 2.40. The third-order valence-corrected chi connectivity index (χ3v) is 2.40. The smallest absolute Gasteiger partial charge is 0.190 e. The highest BCUT2D eigenvalue weighted by Crippen LogP contribution is 2.21. The molecule has 0 heterocycles. The van der Waals surface area contributed by atoms with Crippen molar-refractivity contribution in [1.29, 1.82) is 0 Å². The van der Waals surface area contributed by atoms with Gasteiger partial charge < -0.3 is 4.79 Å². The van der Waals surface area contributed by atoms with E-state index >= 15 is 0 Å². The maximum atomic E-state index is 11.9. The second kappa shape index (κ2) is 4.05. The molecule has 0 bridgehead atoms. The van der Waals surface area contributed by atoms with Crippen molar-refractivity contribution in [3.8, 4) is 0 Å². The molecule has 0 spiro atoms. The summed E-state index contributed by atoms with van der Waals surface area (Å²) in [5, 5.41) is 0. The molecule has 0 fully saturated rings. The lowest BCUT2D eigenvalue weighted by atomic mass is 9.96. The summed E-state index contributed by atoms with van der Waals surface area (Å²) in [5.41, 5.74) is 1.18. The summed E-state index contributed by atoms with van der Waals surface area (Å²) in [5.74, 6) is -0.449. The van der Waals surface area contributed by atoms with E-state index in [0.29, 0.717) is 11.1 Å². The minimum atomic E-state index is -0.377. The van der Waals surface area contributed by atoms with Crippen LogP contribution in [0.3, 0.4) is 0 Å². The number of carbonyl (C=O) groups is 2. The average Bonchev–Trinajstić information content (AvgIpc) is 2.77. The number of benzene rings is 1. The van der Waals surface area contributed by atoms with E-state index in [0.717, 1.165) is 6.29 Å². The van der Waals surface area contributed by atoms with E-state index in [1.807, 2.05) is 18.2 Å². The minimum Gasteiger partial charge on any atom is -0.302 e. The molecular formula is C13H10O2. The standard InChI is InChI=1S/C13H10O2/c14-9-11-7-4-8-12(11)13(15)10-5-2-1-3-6-10/h1-9,11H. The molecular weight excluding hydrogens is 188 g/mol. The molecule has 1 aromatic rings. The Hall–Kier alpha value is -1.96. The van der Waals surface area contributed by atoms with Gasteiger partial charge in [-0.15, -0.1) is 0 Å². The predicted octanol–water partition coefficient (Wildman–Crippen LogP) is 2.18. The lowest BCUT2D eigenvalue weighted by molar-refractivity contribution is -0.109. The summed E-state index contributed by atoms with van der Waals surface area (Å²) in [6.07, 6.45) is 5.96. The Labute approximate surface area is 87.9 Å². The average molecular weight is 198 g/mol. The molecule has 1 aliphatic carbocycles. The van der Waals surface area contributed by atoms with E-state index in [2.05, 4.69) is 0 Å². The Kier molecular flexibility index (Phi) is 2.59. The van der Waals surface area contributed by atoms with Crippen molar-refractivity contribution in [1.82, 2.24) is 0 Å². The van der Waals surface area contributed by atoms with Crippen LogP contribution in [0.25, 0.3) is 0 Å². The summed E-state index contributed by atoms with van der Waals surface area (Å²) < 4.78 is 0. The summed E-state index contributed by atoms with van der Waals surface area (Å²) in [7, 11) is 0. The van der Waals surface area contributed by atoms with Crippen LogP contribution in [-0.4, -0.2) is 12.1 Å². The van der Waals surface area contributed by atoms with Gasteiger partial charge in [-0.05, 0) is 0 Å². The van der Waals surface area contributed by atoms with Crippen LogP contribution >= 0.6 is 0 Å². The van der Waals surface area contributed by atoms with E-state index in [4.69, 9.17) is 0 Å². The van der Waals surface area contributed by atoms with Crippen molar-refractivity contribution in [2.45, 2.75) is 0 Å². The van der Waals surface area contributed by atoms with Crippen molar-refractivity contribution in [2.24, 2.45) is 5.92 Å². The van der Waals surface area contributed by atoms with Gasteiger partial charge in [-0.25, -0.2) is 0 Å². The van der Waals surface area contributed by atoms with Gasteiger partial charge in [0, 0.05) is 11.1 Å². The van der Waals surface area contributed by atoms with E-state index < -0.39 is 0 Å². The molecule has 15 heavy (non-hydrogen) atoms. The molecule has 0 N–H and O–H groups in total. The first-order valence-corrected chi connectivity index (χ1v) is 4.76. The lowest BCUT2D eigenvalue weighted by Crippen LogP contribution is -2.10. The zero-order chi connectivity index (χ0) is 10.7. The number of allylic oxidation sites excluding steroid dienone is 4. The molecule has 0 amide bonds. The number of aldehydes is 1. The van der Waals surface area contributed by atoms with E-state index in [1.165, 1.54) is 0 Å². The number of hydrogen-bond acceptors (Lipinski definition) is 2. The van der Waals surface area contributed by atoms with Gasteiger partial charge in [-0.3, -0.25) is 4.79 Å². The molecule has 2 heteroatoms. The molecule has 1 aliphatic rings. The molecule has 0 radical (unpaired) electrons. The number of Topliss-reactive ketones (excluding diaryl/α,β-unsaturated/α-hetero) is 1. The summed E-state index contributed by atoms with van der Waals surface area (Å²) in [6, 6.07) is 8.99. The lowest BCUT2D eigenvalue weighted by Gasteiger charge is -2.05. The molecule has 0 saturated carbocycles. The highest BCUT2D eigenvalue weighted by Gasteiger charge is 2.21. The number of carbonyl (C=O) groups excluding carboxylic acids is 2. The fourth-order valence-electron chi connectivity index (χ4n) is 1.60. The Morgan fingerprint density at radius 1 is 1.20 bits per heavy atom. The molecule has 0 aliphatic heterocycles. The van der Waals surface area contributed by atoms with E-state index in [-0.39, 0.29) is 11.7 Å². The van der Waals surface area contributed by atoms with Crippen molar-refractivity contribution < 1.29 is 9.59 Å². The molecule has 74 valence electrons. The van der Waals surface area contributed by atoms with Crippen LogP contribution in [0.4, 0.5) is 0 Å². The summed E-state index contributed by atoms with van der Waals surface area (Å²) >= 11 is 0. The largest absolute Gasteiger partial charge is 0.302 e.